The van der Waals surface area contributed by atoms with Crippen molar-refractivity contribution < 1.29 is 4.79 Å². The molecule has 0 aliphatic carbocycles. The van der Waals surface area contributed by atoms with Crippen LogP contribution in [0.4, 0.5) is 0 Å². The van der Waals surface area contributed by atoms with E-state index in [2.05, 4.69) is 0 Å². The zero-order valence-corrected chi connectivity index (χ0v) is 9.79. The van der Waals surface area contributed by atoms with Crippen LogP contribution in [0.5, 0.6) is 0 Å². The summed E-state index contributed by atoms with van der Waals surface area (Å²) in [5.41, 5.74) is 2.19. The monoisotopic (exact) mass is 250 g/mol. The number of rotatable bonds is 2. The molecule has 1 nitrogen and oxygen atoms in total. The summed E-state index contributed by atoms with van der Waals surface area (Å²) in [4.78, 5) is 10.7. The van der Waals surface area contributed by atoms with Crippen molar-refractivity contribution in [1.29, 1.82) is 0 Å². The number of carbonyl (C=O) groups is 1. The van der Waals surface area contributed by atoms with E-state index in [-0.39, 0.29) is 0 Å². The molecule has 0 heterocycles. The van der Waals surface area contributed by atoms with Crippen molar-refractivity contribution in [2.75, 3.05) is 0 Å². The summed E-state index contributed by atoms with van der Waals surface area (Å²) in [5, 5.41) is 1.20. The molecule has 0 saturated carbocycles. The molecule has 0 N–H and O–H groups in total. The average molecular weight is 251 g/mol. The third-order valence-corrected chi connectivity index (χ3v) is 2.95. The Kier molecular flexibility index (Phi) is 3.28. The maximum atomic E-state index is 10.7. The van der Waals surface area contributed by atoms with Gasteiger partial charge in [-0.1, -0.05) is 47.5 Å². The molecule has 80 valence electrons. The Morgan fingerprint density at radius 3 is 2.25 bits per heavy atom. The van der Waals surface area contributed by atoms with Crippen molar-refractivity contribution in [1.82, 2.24) is 0 Å². The zero-order valence-electron chi connectivity index (χ0n) is 8.28. The van der Waals surface area contributed by atoms with Gasteiger partial charge in [0.25, 0.3) is 0 Å². The van der Waals surface area contributed by atoms with E-state index in [1.165, 1.54) is 0 Å². The first kappa shape index (κ1) is 11.2. The van der Waals surface area contributed by atoms with Gasteiger partial charge in [0.1, 0.15) is 6.29 Å². The Bertz CT molecular complexity index is 535. The highest BCUT2D eigenvalue weighted by atomic mass is 35.5. The third kappa shape index (κ3) is 2.11. The van der Waals surface area contributed by atoms with Crippen molar-refractivity contribution >= 4 is 29.5 Å². The van der Waals surface area contributed by atoms with Crippen molar-refractivity contribution in [2.24, 2.45) is 0 Å². The van der Waals surface area contributed by atoms with E-state index in [1.807, 2.05) is 18.2 Å². The minimum absolute atomic E-state index is 0.582. The maximum absolute atomic E-state index is 10.7. The number of carbonyl (C=O) groups excluding carboxylic acids is 1. The lowest BCUT2D eigenvalue weighted by atomic mass is 10.0. The molecule has 0 bridgehead atoms. The molecule has 0 fully saturated rings. The smallest absolute Gasteiger partial charge is 0.150 e. The lowest BCUT2D eigenvalue weighted by Crippen LogP contribution is -1.85. The minimum atomic E-state index is 0.582. The fourth-order valence-corrected chi connectivity index (χ4v) is 1.96. The Labute approximate surface area is 104 Å². The summed E-state index contributed by atoms with van der Waals surface area (Å²) in [7, 11) is 0. The lowest BCUT2D eigenvalue weighted by molar-refractivity contribution is 0.112. The molecule has 0 aliphatic rings. The molecule has 3 heteroatoms. The predicted molar refractivity (Wildman–Crippen MR) is 67.3 cm³/mol. The van der Waals surface area contributed by atoms with Crippen LogP contribution in [0.15, 0.2) is 42.5 Å². The molecular formula is C13H8Cl2O. The molecule has 0 aromatic heterocycles. The van der Waals surface area contributed by atoms with E-state index in [9.17, 15) is 4.79 Å². The molecule has 2 rings (SSSR count). The van der Waals surface area contributed by atoms with E-state index in [1.54, 1.807) is 24.3 Å². The fourth-order valence-electron chi connectivity index (χ4n) is 1.50. The van der Waals surface area contributed by atoms with E-state index < -0.39 is 0 Å². The minimum Gasteiger partial charge on any atom is -0.298 e. The Morgan fingerprint density at radius 2 is 1.56 bits per heavy atom. The van der Waals surface area contributed by atoms with Gasteiger partial charge in [0.2, 0.25) is 0 Å². The van der Waals surface area contributed by atoms with Gasteiger partial charge >= 0.3 is 0 Å². The second kappa shape index (κ2) is 4.69. The highest BCUT2D eigenvalue weighted by Gasteiger charge is 2.07. The van der Waals surface area contributed by atoms with Gasteiger partial charge in [-0.25, -0.2) is 0 Å². The Balaban J connectivity index is 2.63. The fraction of sp³-hybridized carbons (Fsp3) is 0. The van der Waals surface area contributed by atoms with Crippen LogP contribution in [-0.4, -0.2) is 6.29 Å². The van der Waals surface area contributed by atoms with Crippen LogP contribution in [0.2, 0.25) is 10.0 Å². The van der Waals surface area contributed by atoms with Crippen molar-refractivity contribution in [3.05, 3.63) is 58.1 Å². The SMILES string of the molecule is O=Cc1ccc(Cl)c(-c2ccccc2Cl)c1. The molecule has 0 atom stereocenters. The highest BCUT2D eigenvalue weighted by Crippen LogP contribution is 2.33. The van der Waals surface area contributed by atoms with Gasteiger partial charge < -0.3 is 0 Å². The van der Waals surface area contributed by atoms with E-state index in [0.29, 0.717) is 15.6 Å². The van der Waals surface area contributed by atoms with Crippen molar-refractivity contribution in [3.63, 3.8) is 0 Å². The number of hydrogen-bond acceptors (Lipinski definition) is 1. The molecule has 2 aromatic carbocycles. The van der Waals surface area contributed by atoms with Gasteiger partial charge in [-0.2, -0.15) is 0 Å². The van der Waals surface area contributed by atoms with Gasteiger partial charge in [-0.3, -0.25) is 4.79 Å². The first-order valence-corrected chi connectivity index (χ1v) is 5.47. The second-order valence-corrected chi connectivity index (χ2v) is 4.15. The zero-order chi connectivity index (χ0) is 11.5. The standard InChI is InChI=1S/C13H8Cl2O/c14-12-4-2-1-3-10(12)11-7-9(8-16)5-6-13(11)15/h1-8H. The van der Waals surface area contributed by atoms with Crippen LogP contribution in [0.1, 0.15) is 10.4 Å². The summed E-state index contributed by atoms with van der Waals surface area (Å²) < 4.78 is 0. The number of hydrogen-bond donors (Lipinski definition) is 0. The first-order valence-electron chi connectivity index (χ1n) is 4.72. The summed E-state index contributed by atoms with van der Waals surface area (Å²) >= 11 is 12.2. The third-order valence-electron chi connectivity index (χ3n) is 2.29. The van der Waals surface area contributed by atoms with E-state index >= 15 is 0 Å². The summed E-state index contributed by atoms with van der Waals surface area (Å²) in [6.07, 6.45) is 0.788. The lowest BCUT2D eigenvalue weighted by Gasteiger charge is -2.07. The summed E-state index contributed by atoms with van der Waals surface area (Å²) in [5.74, 6) is 0. The average Bonchev–Trinajstić information content (AvgIpc) is 2.31. The molecule has 0 unspecified atom stereocenters. The van der Waals surface area contributed by atoms with Crippen LogP contribution in [-0.2, 0) is 0 Å². The van der Waals surface area contributed by atoms with E-state index in [0.717, 1.165) is 17.4 Å². The molecular weight excluding hydrogens is 243 g/mol. The van der Waals surface area contributed by atoms with Crippen LogP contribution in [0, 0.1) is 0 Å². The van der Waals surface area contributed by atoms with Crippen LogP contribution < -0.4 is 0 Å². The van der Waals surface area contributed by atoms with Gasteiger partial charge in [0.05, 0.1) is 0 Å². The van der Waals surface area contributed by atoms with Crippen LogP contribution >= 0.6 is 23.2 Å². The number of benzene rings is 2. The molecule has 16 heavy (non-hydrogen) atoms. The first-order chi connectivity index (χ1) is 7.72. The topological polar surface area (TPSA) is 17.1 Å². The van der Waals surface area contributed by atoms with Crippen LogP contribution in [0.3, 0.4) is 0 Å². The normalized spacial score (nSPS) is 10.1. The molecule has 0 amide bonds. The molecule has 0 saturated heterocycles. The summed E-state index contributed by atoms with van der Waals surface area (Å²) in [6.45, 7) is 0. The maximum Gasteiger partial charge on any atom is 0.150 e. The van der Waals surface area contributed by atoms with Crippen molar-refractivity contribution in [2.45, 2.75) is 0 Å². The quantitative estimate of drug-likeness (QED) is 0.719. The van der Waals surface area contributed by atoms with Crippen molar-refractivity contribution in [3.8, 4) is 11.1 Å². The predicted octanol–water partition coefficient (Wildman–Crippen LogP) is 4.47. The molecule has 0 aliphatic heterocycles. The largest absolute Gasteiger partial charge is 0.298 e. The van der Waals surface area contributed by atoms with Gasteiger partial charge in [-0.05, 0) is 18.2 Å². The second-order valence-electron chi connectivity index (χ2n) is 3.34. The number of halogens is 2. The highest BCUT2D eigenvalue weighted by molar-refractivity contribution is 6.36. The van der Waals surface area contributed by atoms with E-state index in [4.69, 9.17) is 23.2 Å². The Hall–Kier alpha value is -1.31. The molecule has 2 aromatic rings. The van der Waals surface area contributed by atoms with Gasteiger partial charge in [0.15, 0.2) is 0 Å². The van der Waals surface area contributed by atoms with Gasteiger partial charge in [0, 0.05) is 26.7 Å². The number of aldehydes is 1. The molecule has 0 radical (unpaired) electrons. The molecule has 0 spiro atoms. The van der Waals surface area contributed by atoms with Gasteiger partial charge in [-0.15, -0.1) is 0 Å². The van der Waals surface area contributed by atoms with Crippen LogP contribution in [0.25, 0.3) is 11.1 Å². The Morgan fingerprint density at radius 1 is 0.875 bits per heavy atom. The summed E-state index contributed by atoms with van der Waals surface area (Å²) in [6, 6.07) is 12.5.